The van der Waals surface area contributed by atoms with Crippen molar-refractivity contribution < 1.29 is 0 Å². The average molecular weight is 255 g/mol. The number of hydrogen-bond acceptors (Lipinski definition) is 2. The standard InChI is InChI=1S/C16H21N3/c1-3-17-16(15-10-18-19(2)11-15)14-8-12-6-4-5-7-13(12)9-14/h4-7,10-11,14,16-17H,3,8-9H2,1-2H3. The van der Waals surface area contributed by atoms with E-state index in [-0.39, 0.29) is 0 Å². The second-order valence-corrected chi connectivity index (χ2v) is 5.42. The van der Waals surface area contributed by atoms with Gasteiger partial charge in [-0.15, -0.1) is 0 Å². The van der Waals surface area contributed by atoms with Crippen LogP contribution in [0.3, 0.4) is 0 Å². The number of benzene rings is 1. The first kappa shape index (κ1) is 12.4. The van der Waals surface area contributed by atoms with Gasteiger partial charge in [0.05, 0.1) is 6.20 Å². The molecule has 1 heterocycles. The van der Waals surface area contributed by atoms with Crippen molar-refractivity contribution in [3.63, 3.8) is 0 Å². The van der Waals surface area contributed by atoms with E-state index in [4.69, 9.17) is 0 Å². The summed E-state index contributed by atoms with van der Waals surface area (Å²) in [6.07, 6.45) is 6.47. The molecule has 3 nitrogen and oxygen atoms in total. The van der Waals surface area contributed by atoms with Crippen LogP contribution in [0.2, 0.25) is 0 Å². The van der Waals surface area contributed by atoms with E-state index in [2.05, 4.69) is 47.8 Å². The maximum absolute atomic E-state index is 4.32. The molecule has 1 aliphatic rings. The maximum Gasteiger partial charge on any atom is 0.0537 e. The smallest absolute Gasteiger partial charge is 0.0537 e. The zero-order chi connectivity index (χ0) is 13.2. The average Bonchev–Trinajstić information content (AvgIpc) is 3.01. The molecule has 100 valence electrons. The summed E-state index contributed by atoms with van der Waals surface area (Å²) in [6.45, 7) is 3.16. The van der Waals surface area contributed by atoms with Crippen molar-refractivity contribution in [2.45, 2.75) is 25.8 Å². The predicted molar refractivity (Wildman–Crippen MR) is 77.0 cm³/mol. The van der Waals surface area contributed by atoms with Crippen LogP contribution in [-0.2, 0) is 19.9 Å². The lowest BCUT2D eigenvalue weighted by atomic mass is 9.92. The molecule has 1 unspecified atom stereocenters. The van der Waals surface area contributed by atoms with Gasteiger partial charge in [0, 0.05) is 24.8 Å². The number of nitrogens with one attached hydrogen (secondary N) is 1. The Hall–Kier alpha value is -1.61. The first-order valence-corrected chi connectivity index (χ1v) is 7.06. The van der Waals surface area contributed by atoms with Crippen molar-refractivity contribution >= 4 is 0 Å². The lowest BCUT2D eigenvalue weighted by Crippen LogP contribution is -2.28. The molecular formula is C16H21N3. The van der Waals surface area contributed by atoms with Crippen molar-refractivity contribution in [1.29, 1.82) is 0 Å². The zero-order valence-electron chi connectivity index (χ0n) is 11.6. The van der Waals surface area contributed by atoms with Crippen LogP contribution in [0.4, 0.5) is 0 Å². The molecule has 1 aliphatic carbocycles. The van der Waals surface area contributed by atoms with Crippen LogP contribution in [-0.4, -0.2) is 16.3 Å². The summed E-state index contributed by atoms with van der Waals surface area (Å²) in [4.78, 5) is 0. The summed E-state index contributed by atoms with van der Waals surface area (Å²) >= 11 is 0. The molecule has 1 aromatic heterocycles. The molecule has 0 saturated heterocycles. The summed E-state index contributed by atoms with van der Waals surface area (Å²) in [5.41, 5.74) is 4.33. The van der Waals surface area contributed by atoms with E-state index in [9.17, 15) is 0 Å². The van der Waals surface area contributed by atoms with Crippen LogP contribution >= 0.6 is 0 Å². The first-order valence-electron chi connectivity index (χ1n) is 7.06. The molecule has 0 aliphatic heterocycles. The van der Waals surface area contributed by atoms with E-state index in [1.165, 1.54) is 29.5 Å². The van der Waals surface area contributed by atoms with E-state index in [1.54, 1.807) is 0 Å². The largest absolute Gasteiger partial charge is 0.310 e. The van der Waals surface area contributed by atoms with Crippen LogP contribution < -0.4 is 5.32 Å². The Kier molecular flexibility index (Phi) is 3.38. The third kappa shape index (κ3) is 2.43. The Morgan fingerprint density at radius 3 is 2.53 bits per heavy atom. The fourth-order valence-electron chi connectivity index (χ4n) is 3.21. The minimum Gasteiger partial charge on any atom is -0.310 e. The maximum atomic E-state index is 4.32. The topological polar surface area (TPSA) is 29.9 Å². The summed E-state index contributed by atoms with van der Waals surface area (Å²) < 4.78 is 1.89. The second kappa shape index (κ2) is 5.17. The van der Waals surface area contributed by atoms with Gasteiger partial charge in [-0.05, 0) is 36.4 Å². The molecule has 1 atom stereocenters. The number of nitrogens with zero attached hydrogens (tertiary/aromatic N) is 2. The summed E-state index contributed by atoms with van der Waals surface area (Å²) in [7, 11) is 1.98. The third-order valence-corrected chi connectivity index (χ3v) is 4.06. The van der Waals surface area contributed by atoms with Crippen LogP contribution in [0.5, 0.6) is 0 Å². The number of rotatable bonds is 4. The molecule has 0 radical (unpaired) electrons. The van der Waals surface area contributed by atoms with Crippen molar-refractivity contribution in [3.05, 3.63) is 53.3 Å². The van der Waals surface area contributed by atoms with Gasteiger partial charge in [-0.3, -0.25) is 4.68 Å². The van der Waals surface area contributed by atoms with Crippen molar-refractivity contribution in [2.75, 3.05) is 6.54 Å². The van der Waals surface area contributed by atoms with Gasteiger partial charge in [0.2, 0.25) is 0 Å². The van der Waals surface area contributed by atoms with Gasteiger partial charge in [-0.1, -0.05) is 31.2 Å². The third-order valence-electron chi connectivity index (χ3n) is 4.06. The van der Waals surface area contributed by atoms with Crippen LogP contribution in [0, 0.1) is 5.92 Å². The fourth-order valence-corrected chi connectivity index (χ4v) is 3.21. The van der Waals surface area contributed by atoms with Crippen molar-refractivity contribution in [2.24, 2.45) is 13.0 Å². The summed E-state index contributed by atoms with van der Waals surface area (Å²) in [5, 5.41) is 7.95. The van der Waals surface area contributed by atoms with E-state index in [1.807, 2.05) is 17.9 Å². The van der Waals surface area contributed by atoms with Gasteiger partial charge in [0.15, 0.2) is 0 Å². The van der Waals surface area contributed by atoms with E-state index in [0.29, 0.717) is 12.0 Å². The number of aryl methyl sites for hydroxylation is 1. The van der Waals surface area contributed by atoms with Gasteiger partial charge < -0.3 is 5.32 Å². The quantitative estimate of drug-likeness (QED) is 0.909. The Morgan fingerprint density at radius 2 is 2.00 bits per heavy atom. The molecule has 2 aromatic rings. The highest BCUT2D eigenvalue weighted by Crippen LogP contribution is 2.35. The Morgan fingerprint density at radius 1 is 1.32 bits per heavy atom. The van der Waals surface area contributed by atoms with Crippen LogP contribution in [0.15, 0.2) is 36.7 Å². The van der Waals surface area contributed by atoms with E-state index >= 15 is 0 Å². The molecule has 3 heteroatoms. The molecule has 0 bridgehead atoms. The lowest BCUT2D eigenvalue weighted by Gasteiger charge is -2.23. The molecule has 0 spiro atoms. The van der Waals surface area contributed by atoms with E-state index < -0.39 is 0 Å². The monoisotopic (exact) mass is 255 g/mol. The fraction of sp³-hybridized carbons (Fsp3) is 0.438. The molecule has 1 aromatic carbocycles. The zero-order valence-corrected chi connectivity index (χ0v) is 11.6. The number of fused-ring (bicyclic) bond motifs is 1. The van der Waals surface area contributed by atoms with Gasteiger partial charge >= 0.3 is 0 Å². The lowest BCUT2D eigenvalue weighted by molar-refractivity contribution is 0.380. The molecule has 1 N–H and O–H groups in total. The minimum absolute atomic E-state index is 0.408. The van der Waals surface area contributed by atoms with Gasteiger partial charge in [0.1, 0.15) is 0 Å². The van der Waals surface area contributed by atoms with Crippen LogP contribution in [0.1, 0.15) is 29.7 Å². The van der Waals surface area contributed by atoms with Crippen LogP contribution in [0.25, 0.3) is 0 Å². The highest BCUT2D eigenvalue weighted by molar-refractivity contribution is 5.33. The first-order chi connectivity index (χ1) is 9.28. The molecule has 19 heavy (non-hydrogen) atoms. The highest BCUT2D eigenvalue weighted by Gasteiger charge is 2.29. The van der Waals surface area contributed by atoms with Gasteiger partial charge in [-0.25, -0.2) is 0 Å². The molecule has 0 fully saturated rings. The molecular weight excluding hydrogens is 234 g/mol. The van der Waals surface area contributed by atoms with Gasteiger partial charge in [-0.2, -0.15) is 5.10 Å². The number of aromatic nitrogens is 2. The Labute approximate surface area is 114 Å². The predicted octanol–water partition coefficient (Wildman–Crippen LogP) is 2.49. The minimum atomic E-state index is 0.408. The summed E-state index contributed by atoms with van der Waals surface area (Å²) in [6, 6.07) is 9.23. The normalized spacial score (nSPS) is 16.5. The molecule has 0 saturated carbocycles. The van der Waals surface area contributed by atoms with E-state index in [0.717, 1.165) is 6.54 Å². The van der Waals surface area contributed by atoms with Gasteiger partial charge in [0.25, 0.3) is 0 Å². The highest BCUT2D eigenvalue weighted by atomic mass is 15.2. The number of hydrogen-bond donors (Lipinski definition) is 1. The molecule has 0 amide bonds. The van der Waals surface area contributed by atoms with Crippen molar-refractivity contribution in [3.8, 4) is 0 Å². The summed E-state index contributed by atoms with van der Waals surface area (Å²) in [5.74, 6) is 0.640. The second-order valence-electron chi connectivity index (χ2n) is 5.42. The Balaban J connectivity index is 1.83. The molecule has 3 rings (SSSR count). The SMILES string of the molecule is CCNC(c1cnn(C)c1)C1Cc2ccccc2C1. The van der Waals surface area contributed by atoms with Crippen molar-refractivity contribution in [1.82, 2.24) is 15.1 Å². The Bertz CT molecular complexity index is 534.